The van der Waals surface area contributed by atoms with E-state index < -0.39 is 0 Å². The number of aromatic nitrogens is 1. The highest BCUT2D eigenvalue weighted by Gasteiger charge is 2.05. The van der Waals surface area contributed by atoms with Crippen molar-refractivity contribution < 1.29 is 4.74 Å². The van der Waals surface area contributed by atoms with E-state index >= 15 is 0 Å². The fourth-order valence-corrected chi connectivity index (χ4v) is 1.79. The van der Waals surface area contributed by atoms with E-state index in [-0.39, 0.29) is 0 Å². The largest absolute Gasteiger partial charge is 0.497 e. The molecular weight excluding hydrogens is 294 g/mol. The SMILES string of the molecule is COc1cccc(Nc2ncc(Br)cc2C#N)c1. The number of methoxy groups -OCH3 is 1. The van der Waals surface area contributed by atoms with Crippen molar-refractivity contribution in [2.24, 2.45) is 0 Å². The average Bonchev–Trinajstić information content (AvgIpc) is 2.41. The summed E-state index contributed by atoms with van der Waals surface area (Å²) in [6.07, 6.45) is 1.64. The van der Waals surface area contributed by atoms with Crippen LogP contribution in [0.2, 0.25) is 0 Å². The Hall–Kier alpha value is -2.06. The molecule has 0 amide bonds. The molecule has 1 N–H and O–H groups in total. The van der Waals surface area contributed by atoms with Crippen LogP contribution in [-0.2, 0) is 0 Å². The third kappa shape index (κ3) is 2.79. The zero-order chi connectivity index (χ0) is 13.0. The summed E-state index contributed by atoms with van der Waals surface area (Å²) in [6.45, 7) is 0. The molecule has 18 heavy (non-hydrogen) atoms. The second-order valence-electron chi connectivity index (χ2n) is 3.52. The van der Waals surface area contributed by atoms with Crippen LogP contribution in [0.1, 0.15) is 5.56 Å². The summed E-state index contributed by atoms with van der Waals surface area (Å²) in [6, 6.07) is 11.3. The Morgan fingerprint density at radius 3 is 2.94 bits per heavy atom. The Balaban J connectivity index is 2.31. The number of halogens is 1. The van der Waals surface area contributed by atoms with Gasteiger partial charge in [0.15, 0.2) is 0 Å². The van der Waals surface area contributed by atoms with Gasteiger partial charge in [-0.1, -0.05) is 6.07 Å². The van der Waals surface area contributed by atoms with Crippen LogP contribution in [0.25, 0.3) is 0 Å². The second kappa shape index (κ2) is 5.52. The summed E-state index contributed by atoms with van der Waals surface area (Å²) in [5, 5.41) is 12.1. The summed E-state index contributed by atoms with van der Waals surface area (Å²) in [7, 11) is 1.61. The van der Waals surface area contributed by atoms with Crippen LogP contribution in [-0.4, -0.2) is 12.1 Å². The van der Waals surface area contributed by atoms with Crippen molar-refractivity contribution in [3.8, 4) is 11.8 Å². The number of nitriles is 1. The number of hydrogen-bond donors (Lipinski definition) is 1. The number of hydrogen-bond acceptors (Lipinski definition) is 4. The van der Waals surface area contributed by atoms with Gasteiger partial charge in [-0.15, -0.1) is 0 Å². The van der Waals surface area contributed by atoms with Gasteiger partial charge < -0.3 is 10.1 Å². The fraction of sp³-hybridized carbons (Fsp3) is 0.0769. The van der Waals surface area contributed by atoms with Gasteiger partial charge in [0.05, 0.1) is 12.7 Å². The van der Waals surface area contributed by atoms with Crippen molar-refractivity contribution in [3.05, 3.63) is 46.6 Å². The third-order valence-electron chi connectivity index (χ3n) is 2.31. The fourth-order valence-electron chi connectivity index (χ4n) is 1.46. The molecule has 5 heteroatoms. The number of benzene rings is 1. The average molecular weight is 304 g/mol. The molecular formula is C13H10BrN3O. The number of anilines is 2. The molecule has 0 aliphatic heterocycles. The zero-order valence-corrected chi connectivity index (χ0v) is 11.2. The van der Waals surface area contributed by atoms with Crippen molar-refractivity contribution >= 4 is 27.4 Å². The molecule has 0 saturated heterocycles. The smallest absolute Gasteiger partial charge is 0.148 e. The van der Waals surface area contributed by atoms with Crippen LogP contribution < -0.4 is 10.1 Å². The van der Waals surface area contributed by atoms with Gasteiger partial charge >= 0.3 is 0 Å². The molecule has 1 aromatic heterocycles. The Bertz CT molecular complexity index is 607. The summed E-state index contributed by atoms with van der Waals surface area (Å²) in [4.78, 5) is 4.18. The van der Waals surface area contributed by atoms with Crippen LogP contribution in [0.3, 0.4) is 0 Å². The van der Waals surface area contributed by atoms with Gasteiger partial charge in [0, 0.05) is 22.4 Å². The predicted molar refractivity (Wildman–Crippen MR) is 72.9 cm³/mol. The first-order valence-corrected chi connectivity index (χ1v) is 5.99. The van der Waals surface area contributed by atoms with Gasteiger partial charge in [-0.05, 0) is 34.1 Å². The van der Waals surface area contributed by atoms with Crippen molar-refractivity contribution in [2.45, 2.75) is 0 Å². The second-order valence-corrected chi connectivity index (χ2v) is 4.43. The lowest BCUT2D eigenvalue weighted by Crippen LogP contribution is -1.97. The minimum atomic E-state index is 0.479. The van der Waals surface area contributed by atoms with Gasteiger partial charge in [0.25, 0.3) is 0 Å². The minimum absolute atomic E-state index is 0.479. The zero-order valence-electron chi connectivity index (χ0n) is 9.64. The van der Waals surface area contributed by atoms with Gasteiger partial charge in [0.2, 0.25) is 0 Å². The molecule has 2 aromatic rings. The number of nitrogens with one attached hydrogen (secondary N) is 1. The molecule has 4 nitrogen and oxygen atoms in total. The Labute approximate surface area is 113 Å². The summed E-state index contributed by atoms with van der Waals surface area (Å²) in [5.74, 6) is 1.27. The van der Waals surface area contributed by atoms with Crippen molar-refractivity contribution in [1.82, 2.24) is 4.98 Å². The quantitative estimate of drug-likeness (QED) is 0.943. The summed E-state index contributed by atoms with van der Waals surface area (Å²) >= 11 is 3.28. The molecule has 0 aliphatic carbocycles. The lowest BCUT2D eigenvalue weighted by atomic mass is 10.2. The normalized spacial score (nSPS) is 9.61. The molecule has 0 bridgehead atoms. The first-order valence-electron chi connectivity index (χ1n) is 5.19. The van der Waals surface area contributed by atoms with Gasteiger partial charge in [-0.2, -0.15) is 5.26 Å². The first-order chi connectivity index (χ1) is 8.72. The van der Waals surface area contributed by atoms with E-state index in [0.717, 1.165) is 15.9 Å². The van der Waals surface area contributed by atoms with Crippen LogP contribution in [0.4, 0.5) is 11.5 Å². The highest BCUT2D eigenvalue weighted by Crippen LogP contribution is 2.23. The predicted octanol–water partition coefficient (Wildman–Crippen LogP) is 3.47. The summed E-state index contributed by atoms with van der Waals surface area (Å²) < 4.78 is 5.91. The van der Waals surface area contributed by atoms with Gasteiger partial charge in [-0.25, -0.2) is 4.98 Å². The number of pyridine rings is 1. The first kappa shape index (κ1) is 12.4. The van der Waals surface area contributed by atoms with E-state index in [9.17, 15) is 0 Å². The minimum Gasteiger partial charge on any atom is -0.497 e. The maximum atomic E-state index is 9.05. The molecule has 1 heterocycles. The van der Waals surface area contributed by atoms with Crippen molar-refractivity contribution in [3.63, 3.8) is 0 Å². The van der Waals surface area contributed by atoms with E-state index in [0.29, 0.717) is 11.4 Å². The van der Waals surface area contributed by atoms with Crippen LogP contribution in [0, 0.1) is 11.3 Å². The topological polar surface area (TPSA) is 57.9 Å². The molecule has 0 radical (unpaired) electrons. The van der Waals surface area contributed by atoms with Gasteiger partial charge in [-0.3, -0.25) is 0 Å². The maximum Gasteiger partial charge on any atom is 0.148 e. The highest BCUT2D eigenvalue weighted by molar-refractivity contribution is 9.10. The van der Waals surface area contributed by atoms with E-state index in [4.69, 9.17) is 10.00 Å². The van der Waals surface area contributed by atoms with E-state index in [1.807, 2.05) is 24.3 Å². The molecule has 90 valence electrons. The molecule has 0 unspecified atom stereocenters. The lowest BCUT2D eigenvalue weighted by Gasteiger charge is -2.08. The lowest BCUT2D eigenvalue weighted by molar-refractivity contribution is 0.415. The summed E-state index contributed by atoms with van der Waals surface area (Å²) in [5.41, 5.74) is 1.30. The van der Waals surface area contributed by atoms with E-state index in [2.05, 4.69) is 32.3 Å². The van der Waals surface area contributed by atoms with Crippen LogP contribution in [0.5, 0.6) is 5.75 Å². The number of ether oxygens (including phenoxy) is 1. The molecule has 0 fully saturated rings. The molecule has 0 atom stereocenters. The molecule has 2 rings (SSSR count). The Morgan fingerprint density at radius 1 is 1.39 bits per heavy atom. The molecule has 0 aliphatic rings. The number of nitrogens with zero attached hydrogens (tertiary/aromatic N) is 2. The molecule has 0 saturated carbocycles. The van der Waals surface area contributed by atoms with E-state index in [1.54, 1.807) is 19.4 Å². The van der Waals surface area contributed by atoms with E-state index in [1.165, 1.54) is 0 Å². The number of rotatable bonds is 3. The monoisotopic (exact) mass is 303 g/mol. The maximum absolute atomic E-state index is 9.05. The Kier molecular flexibility index (Phi) is 3.80. The third-order valence-corrected chi connectivity index (χ3v) is 2.74. The van der Waals surface area contributed by atoms with Crippen molar-refractivity contribution in [2.75, 3.05) is 12.4 Å². The van der Waals surface area contributed by atoms with Crippen molar-refractivity contribution in [1.29, 1.82) is 5.26 Å². The van der Waals surface area contributed by atoms with Gasteiger partial charge in [0.1, 0.15) is 17.6 Å². The standard InChI is InChI=1S/C13H10BrN3O/c1-18-12-4-2-3-11(6-12)17-13-9(7-15)5-10(14)8-16-13/h2-6,8H,1H3,(H,16,17). The van der Waals surface area contributed by atoms with Crippen LogP contribution >= 0.6 is 15.9 Å². The Morgan fingerprint density at radius 2 is 2.22 bits per heavy atom. The highest BCUT2D eigenvalue weighted by atomic mass is 79.9. The molecule has 1 aromatic carbocycles. The van der Waals surface area contributed by atoms with Crippen LogP contribution in [0.15, 0.2) is 41.0 Å². The molecule has 0 spiro atoms.